The van der Waals surface area contributed by atoms with Crippen molar-refractivity contribution in [3.63, 3.8) is 0 Å². The molecular formula is C9H6BrN3O4S. The monoisotopic (exact) mass is 331 g/mol. The van der Waals surface area contributed by atoms with E-state index in [4.69, 9.17) is 5.11 Å². The van der Waals surface area contributed by atoms with Crippen LogP contribution in [0.4, 0.5) is 5.82 Å². The molecule has 0 amide bonds. The normalized spacial score (nSPS) is 10.5. The average Bonchev–Trinajstić information content (AvgIpc) is 2.86. The molecule has 1 N–H and O–H groups in total. The lowest BCUT2D eigenvalue weighted by atomic mass is 10.4. The van der Waals surface area contributed by atoms with Crippen LogP contribution in [0.3, 0.4) is 0 Å². The lowest BCUT2D eigenvalue weighted by Gasteiger charge is -1.91. The van der Waals surface area contributed by atoms with Crippen molar-refractivity contribution in [3.8, 4) is 0 Å². The van der Waals surface area contributed by atoms with Crippen LogP contribution in [0.25, 0.3) is 0 Å². The maximum absolute atomic E-state index is 10.7. The molecule has 0 bridgehead atoms. The number of thiophene rings is 1. The van der Waals surface area contributed by atoms with Gasteiger partial charge in [0.05, 0.1) is 17.8 Å². The number of carboxylic acids is 1. The SMILES string of the molecule is O=C(O)c1ccc(Cn2cc(Br)c([N+](=O)[O-])n2)s1. The minimum atomic E-state index is -0.987. The van der Waals surface area contributed by atoms with Crippen LogP contribution in [0.2, 0.25) is 0 Å². The Bertz CT molecular complexity index is 621. The first-order valence-corrected chi connectivity index (χ1v) is 6.27. The summed E-state index contributed by atoms with van der Waals surface area (Å²) in [6.45, 7) is 0.296. The van der Waals surface area contributed by atoms with E-state index in [-0.39, 0.29) is 10.7 Å². The Hall–Kier alpha value is -1.74. The van der Waals surface area contributed by atoms with Gasteiger partial charge in [-0.1, -0.05) is 0 Å². The van der Waals surface area contributed by atoms with Crippen molar-refractivity contribution < 1.29 is 14.8 Å². The van der Waals surface area contributed by atoms with Gasteiger partial charge in [0.25, 0.3) is 0 Å². The summed E-state index contributed by atoms with van der Waals surface area (Å²) < 4.78 is 1.68. The minimum Gasteiger partial charge on any atom is -0.477 e. The maximum Gasteiger partial charge on any atom is 0.404 e. The number of halogens is 1. The maximum atomic E-state index is 10.7. The van der Waals surface area contributed by atoms with E-state index in [2.05, 4.69) is 21.0 Å². The molecule has 0 aliphatic carbocycles. The zero-order chi connectivity index (χ0) is 13.3. The molecular weight excluding hydrogens is 326 g/mol. The fourth-order valence-corrected chi connectivity index (χ4v) is 2.63. The molecule has 0 aliphatic rings. The number of hydrogen-bond acceptors (Lipinski definition) is 5. The van der Waals surface area contributed by atoms with E-state index in [1.165, 1.54) is 16.9 Å². The second-order valence-corrected chi connectivity index (χ2v) is 5.35. The molecule has 2 rings (SSSR count). The van der Waals surface area contributed by atoms with Gasteiger partial charge in [-0.2, -0.15) is 4.68 Å². The molecule has 0 unspecified atom stereocenters. The predicted molar refractivity (Wildman–Crippen MR) is 67.0 cm³/mol. The van der Waals surface area contributed by atoms with Crippen LogP contribution in [0.1, 0.15) is 14.5 Å². The quantitative estimate of drug-likeness (QED) is 0.684. The van der Waals surface area contributed by atoms with Crippen LogP contribution in [0.15, 0.2) is 22.8 Å². The molecule has 9 heteroatoms. The van der Waals surface area contributed by atoms with E-state index < -0.39 is 10.9 Å². The third kappa shape index (κ3) is 2.57. The summed E-state index contributed by atoms with van der Waals surface area (Å²) in [6.07, 6.45) is 1.48. The second kappa shape index (κ2) is 4.86. The van der Waals surface area contributed by atoms with Crippen molar-refractivity contribution >= 4 is 39.1 Å². The minimum absolute atomic E-state index is 0.228. The molecule has 2 aromatic heterocycles. The largest absolute Gasteiger partial charge is 0.477 e. The van der Waals surface area contributed by atoms with Gasteiger partial charge in [-0.15, -0.1) is 11.3 Å². The number of aromatic carboxylic acids is 1. The standard InChI is InChI=1S/C9H6BrN3O4S/c10-6-4-12(11-8(6)13(16)17)3-5-1-2-7(18-5)9(14)15/h1-2,4H,3H2,(H,14,15). The van der Waals surface area contributed by atoms with E-state index >= 15 is 0 Å². The first-order chi connectivity index (χ1) is 8.47. The highest BCUT2D eigenvalue weighted by molar-refractivity contribution is 9.10. The average molecular weight is 332 g/mol. The topological polar surface area (TPSA) is 98.3 Å². The highest BCUT2D eigenvalue weighted by atomic mass is 79.9. The molecule has 0 aromatic carbocycles. The molecule has 94 valence electrons. The van der Waals surface area contributed by atoms with Crippen molar-refractivity contribution in [3.05, 3.63) is 42.7 Å². The summed E-state index contributed by atoms with van der Waals surface area (Å²) in [7, 11) is 0. The van der Waals surface area contributed by atoms with Crippen LogP contribution in [-0.4, -0.2) is 25.8 Å². The Morgan fingerprint density at radius 2 is 2.33 bits per heavy atom. The van der Waals surface area contributed by atoms with Gasteiger partial charge in [0, 0.05) is 4.88 Å². The Morgan fingerprint density at radius 3 is 2.83 bits per heavy atom. The van der Waals surface area contributed by atoms with Crippen LogP contribution in [0.5, 0.6) is 0 Å². The fourth-order valence-electron chi connectivity index (χ4n) is 1.33. The Kier molecular flexibility index (Phi) is 3.43. The van der Waals surface area contributed by atoms with E-state index in [1.54, 1.807) is 6.07 Å². The van der Waals surface area contributed by atoms with Gasteiger partial charge in [0.2, 0.25) is 0 Å². The van der Waals surface area contributed by atoms with Gasteiger partial charge < -0.3 is 15.2 Å². The molecule has 7 nitrogen and oxygen atoms in total. The van der Waals surface area contributed by atoms with Crippen molar-refractivity contribution in [1.29, 1.82) is 0 Å². The first kappa shape index (κ1) is 12.7. The molecule has 0 saturated heterocycles. The summed E-state index contributed by atoms with van der Waals surface area (Å²) in [6, 6.07) is 3.16. The molecule has 0 atom stereocenters. The van der Waals surface area contributed by atoms with Crippen LogP contribution in [0, 0.1) is 10.1 Å². The van der Waals surface area contributed by atoms with Gasteiger partial charge in [0.15, 0.2) is 0 Å². The molecule has 0 fully saturated rings. The number of carbonyl (C=O) groups is 1. The van der Waals surface area contributed by atoms with Gasteiger partial charge >= 0.3 is 11.8 Å². The molecule has 0 spiro atoms. The van der Waals surface area contributed by atoms with Crippen molar-refractivity contribution in [2.75, 3.05) is 0 Å². The number of carboxylic acid groups (broad SMARTS) is 1. The zero-order valence-corrected chi connectivity index (χ0v) is 11.1. The van der Waals surface area contributed by atoms with E-state index in [1.807, 2.05) is 0 Å². The zero-order valence-electron chi connectivity index (χ0n) is 8.74. The first-order valence-electron chi connectivity index (χ1n) is 4.66. The van der Waals surface area contributed by atoms with Gasteiger partial charge in [0.1, 0.15) is 9.35 Å². The van der Waals surface area contributed by atoms with Crippen molar-refractivity contribution in [2.24, 2.45) is 0 Å². The number of aromatic nitrogens is 2. The molecule has 0 radical (unpaired) electrons. The molecule has 2 aromatic rings. The van der Waals surface area contributed by atoms with Gasteiger partial charge in [-0.3, -0.25) is 0 Å². The van der Waals surface area contributed by atoms with Gasteiger partial charge in [-0.05, 0) is 33.0 Å². The summed E-state index contributed by atoms with van der Waals surface area (Å²) in [5, 5.41) is 23.2. The third-order valence-corrected chi connectivity index (χ3v) is 3.68. The van der Waals surface area contributed by atoms with E-state index in [0.717, 1.165) is 16.2 Å². The number of rotatable bonds is 4. The van der Waals surface area contributed by atoms with Gasteiger partial charge in [-0.25, -0.2) is 4.79 Å². The molecule has 0 saturated carbocycles. The summed E-state index contributed by atoms with van der Waals surface area (Å²) >= 11 is 4.16. The van der Waals surface area contributed by atoms with Crippen LogP contribution >= 0.6 is 27.3 Å². The summed E-state index contributed by atoms with van der Waals surface area (Å²) in [4.78, 5) is 21.7. The lowest BCUT2D eigenvalue weighted by Crippen LogP contribution is -1.99. The van der Waals surface area contributed by atoms with E-state index in [9.17, 15) is 14.9 Å². The Labute approximate surface area is 113 Å². The second-order valence-electron chi connectivity index (χ2n) is 3.33. The predicted octanol–water partition coefficient (Wildman–Crippen LogP) is 2.36. The number of nitro groups is 1. The lowest BCUT2D eigenvalue weighted by molar-refractivity contribution is -0.390. The van der Waals surface area contributed by atoms with Crippen LogP contribution < -0.4 is 0 Å². The van der Waals surface area contributed by atoms with E-state index in [0.29, 0.717) is 11.0 Å². The number of hydrogen-bond donors (Lipinski definition) is 1. The Morgan fingerprint density at radius 1 is 1.61 bits per heavy atom. The third-order valence-electron chi connectivity index (χ3n) is 2.06. The highest BCUT2D eigenvalue weighted by Gasteiger charge is 2.19. The number of nitrogens with zero attached hydrogens (tertiary/aromatic N) is 3. The smallest absolute Gasteiger partial charge is 0.404 e. The van der Waals surface area contributed by atoms with Crippen LogP contribution in [-0.2, 0) is 6.54 Å². The van der Waals surface area contributed by atoms with Crippen molar-refractivity contribution in [2.45, 2.75) is 6.54 Å². The Balaban J connectivity index is 2.20. The molecule has 2 heterocycles. The molecule has 18 heavy (non-hydrogen) atoms. The summed E-state index contributed by atoms with van der Waals surface area (Å²) in [5.41, 5.74) is 0. The fraction of sp³-hybridized carbons (Fsp3) is 0.111. The molecule has 0 aliphatic heterocycles. The summed E-state index contributed by atoms with van der Waals surface area (Å²) in [5.74, 6) is -1.25. The highest BCUT2D eigenvalue weighted by Crippen LogP contribution is 2.24. The van der Waals surface area contributed by atoms with Crippen molar-refractivity contribution in [1.82, 2.24) is 9.78 Å².